The molecular weight excluding hydrogens is 190 g/mol. The van der Waals surface area contributed by atoms with Crippen LogP contribution in [0.4, 0.5) is 0 Å². The van der Waals surface area contributed by atoms with Crippen molar-refractivity contribution in [2.45, 2.75) is 52.1 Å². The van der Waals surface area contributed by atoms with Gasteiger partial charge in [-0.05, 0) is 46.6 Å². The van der Waals surface area contributed by atoms with Gasteiger partial charge in [-0.2, -0.15) is 0 Å². The molecule has 0 spiro atoms. The molecule has 2 atom stereocenters. The van der Waals surface area contributed by atoms with Crippen molar-refractivity contribution in [3.05, 3.63) is 0 Å². The third-order valence-electron chi connectivity index (χ3n) is 3.41. The molecule has 0 amide bonds. The highest BCUT2D eigenvalue weighted by molar-refractivity contribution is 5.70. The average Bonchev–Trinajstić information content (AvgIpc) is 2.99. The fourth-order valence-electron chi connectivity index (χ4n) is 1.92. The van der Waals surface area contributed by atoms with Crippen molar-refractivity contribution in [3.63, 3.8) is 0 Å². The van der Waals surface area contributed by atoms with Gasteiger partial charge in [0.25, 0.3) is 0 Å². The molecule has 1 aliphatic rings. The molecule has 1 saturated carbocycles. The Morgan fingerprint density at radius 1 is 1.47 bits per heavy atom. The Morgan fingerprint density at radius 2 is 2.07 bits per heavy atom. The molecule has 3 nitrogen and oxygen atoms in total. The van der Waals surface area contributed by atoms with E-state index in [1.807, 2.05) is 6.92 Å². The van der Waals surface area contributed by atoms with Crippen LogP contribution in [0.1, 0.15) is 40.0 Å². The van der Waals surface area contributed by atoms with E-state index in [1.54, 1.807) is 0 Å². The summed E-state index contributed by atoms with van der Waals surface area (Å²) in [5, 5.41) is 0. The fraction of sp³-hybridized carbons (Fsp3) is 0.917. The molecule has 1 fully saturated rings. The van der Waals surface area contributed by atoms with Crippen molar-refractivity contribution in [2.75, 3.05) is 13.7 Å². The van der Waals surface area contributed by atoms with Crippen LogP contribution in [0.5, 0.6) is 0 Å². The van der Waals surface area contributed by atoms with E-state index in [1.165, 1.54) is 12.8 Å². The molecule has 0 radical (unpaired) electrons. The van der Waals surface area contributed by atoms with Gasteiger partial charge in [-0.25, -0.2) is 0 Å². The van der Waals surface area contributed by atoms with Crippen LogP contribution in [0.25, 0.3) is 0 Å². The van der Waals surface area contributed by atoms with E-state index in [0.717, 1.165) is 5.92 Å². The van der Waals surface area contributed by atoms with Gasteiger partial charge >= 0.3 is 5.97 Å². The summed E-state index contributed by atoms with van der Waals surface area (Å²) in [5.41, 5.74) is 0. The lowest BCUT2D eigenvalue weighted by atomic mass is 10.1. The third-order valence-corrected chi connectivity index (χ3v) is 3.41. The van der Waals surface area contributed by atoms with E-state index in [0.29, 0.717) is 19.1 Å². The van der Waals surface area contributed by atoms with Crippen molar-refractivity contribution in [1.29, 1.82) is 0 Å². The molecule has 0 bridgehead atoms. The SMILES string of the molecule is CCOC(=O)CC(C)N(C)C(C)C1CC1. The zero-order valence-corrected chi connectivity index (χ0v) is 10.3. The van der Waals surface area contributed by atoms with Crippen molar-refractivity contribution in [1.82, 2.24) is 4.90 Å². The Morgan fingerprint density at radius 3 is 2.53 bits per heavy atom. The predicted molar refractivity (Wildman–Crippen MR) is 60.7 cm³/mol. The quantitative estimate of drug-likeness (QED) is 0.632. The Hall–Kier alpha value is -0.570. The molecule has 1 rings (SSSR count). The second-order valence-corrected chi connectivity index (χ2v) is 4.60. The van der Waals surface area contributed by atoms with Crippen LogP contribution < -0.4 is 0 Å². The number of ether oxygens (including phenoxy) is 1. The highest BCUT2D eigenvalue weighted by Gasteiger charge is 2.32. The Labute approximate surface area is 92.8 Å². The number of hydrogen-bond acceptors (Lipinski definition) is 3. The van der Waals surface area contributed by atoms with Gasteiger partial charge in [-0.3, -0.25) is 4.79 Å². The van der Waals surface area contributed by atoms with Crippen molar-refractivity contribution in [2.24, 2.45) is 5.92 Å². The van der Waals surface area contributed by atoms with Crippen LogP contribution in [-0.4, -0.2) is 36.6 Å². The van der Waals surface area contributed by atoms with Crippen LogP contribution in [0.2, 0.25) is 0 Å². The van der Waals surface area contributed by atoms with Crippen molar-refractivity contribution in [3.8, 4) is 0 Å². The minimum atomic E-state index is -0.0835. The van der Waals surface area contributed by atoms with Crippen molar-refractivity contribution < 1.29 is 9.53 Å². The number of nitrogens with zero attached hydrogens (tertiary/aromatic N) is 1. The number of carbonyl (C=O) groups excluding carboxylic acids is 1. The number of carbonyl (C=O) groups is 1. The summed E-state index contributed by atoms with van der Waals surface area (Å²) in [6.07, 6.45) is 3.19. The first-order valence-electron chi connectivity index (χ1n) is 5.93. The van der Waals surface area contributed by atoms with E-state index in [2.05, 4.69) is 25.8 Å². The lowest BCUT2D eigenvalue weighted by Gasteiger charge is -2.30. The standard InChI is InChI=1S/C12H23NO2/c1-5-15-12(14)8-9(2)13(4)10(3)11-6-7-11/h9-11H,5-8H2,1-4H3. The van der Waals surface area contributed by atoms with Crippen LogP contribution in [0, 0.1) is 5.92 Å². The molecule has 0 aliphatic heterocycles. The van der Waals surface area contributed by atoms with Gasteiger partial charge < -0.3 is 9.64 Å². The molecule has 88 valence electrons. The zero-order valence-electron chi connectivity index (χ0n) is 10.3. The highest BCUT2D eigenvalue weighted by atomic mass is 16.5. The topological polar surface area (TPSA) is 29.5 Å². The molecule has 0 aromatic rings. The first-order chi connectivity index (χ1) is 7.06. The van der Waals surface area contributed by atoms with Crippen LogP contribution in [0.15, 0.2) is 0 Å². The van der Waals surface area contributed by atoms with Crippen molar-refractivity contribution >= 4 is 5.97 Å². The third kappa shape index (κ3) is 3.82. The first kappa shape index (κ1) is 12.5. The fourth-order valence-corrected chi connectivity index (χ4v) is 1.92. The van der Waals surface area contributed by atoms with Gasteiger partial charge in [-0.1, -0.05) is 0 Å². The largest absolute Gasteiger partial charge is 0.466 e. The maximum absolute atomic E-state index is 11.3. The van der Waals surface area contributed by atoms with E-state index in [-0.39, 0.29) is 12.0 Å². The molecular formula is C12H23NO2. The van der Waals surface area contributed by atoms with Crippen LogP contribution in [0.3, 0.4) is 0 Å². The summed E-state index contributed by atoms with van der Waals surface area (Å²) in [6.45, 7) is 6.67. The molecule has 0 saturated heterocycles. The summed E-state index contributed by atoms with van der Waals surface area (Å²) < 4.78 is 4.95. The molecule has 3 heteroatoms. The summed E-state index contributed by atoms with van der Waals surface area (Å²) in [7, 11) is 2.10. The maximum atomic E-state index is 11.3. The smallest absolute Gasteiger partial charge is 0.307 e. The van der Waals surface area contributed by atoms with E-state index >= 15 is 0 Å². The molecule has 0 heterocycles. The molecule has 2 unspecified atom stereocenters. The Kier molecular flexibility index (Phi) is 4.58. The van der Waals surface area contributed by atoms with Gasteiger partial charge in [0, 0.05) is 12.1 Å². The first-order valence-corrected chi connectivity index (χ1v) is 5.93. The summed E-state index contributed by atoms with van der Waals surface area (Å²) >= 11 is 0. The molecule has 1 aliphatic carbocycles. The summed E-state index contributed by atoms with van der Waals surface area (Å²) in [5.74, 6) is 0.763. The zero-order chi connectivity index (χ0) is 11.4. The monoisotopic (exact) mass is 213 g/mol. The summed E-state index contributed by atoms with van der Waals surface area (Å²) in [6, 6.07) is 0.870. The van der Waals surface area contributed by atoms with Crippen LogP contribution in [-0.2, 0) is 9.53 Å². The molecule has 15 heavy (non-hydrogen) atoms. The summed E-state index contributed by atoms with van der Waals surface area (Å²) in [4.78, 5) is 13.6. The van der Waals surface area contributed by atoms with Gasteiger partial charge in [0.2, 0.25) is 0 Å². The molecule has 0 aromatic carbocycles. The number of esters is 1. The van der Waals surface area contributed by atoms with Gasteiger partial charge in [0.15, 0.2) is 0 Å². The highest BCUT2D eigenvalue weighted by Crippen LogP contribution is 2.35. The minimum Gasteiger partial charge on any atom is -0.466 e. The average molecular weight is 213 g/mol. The van der Waals surface area contributed by atoms with Crippen LogP contribution >= 0.6 is 0 Å². The number of hydrogen-bond donors (Lipinski definition) is 0. The molecule has 0 N–H and O–H groups in total. The minimum absolute atomic E-state index is 0.0835. The normalized spacial score (nSPS) is 20.1. The second-order valence-electron chi connectivity index (χ2n) is 4.60. The van der Waals surface area contributed by atoms with Gasteiger partial charge in [0.1, 0.15) is 0 Å². The lowest BCUT2D eigenvalue weighted by Crippen LogP contribution is -2.39. The Balaban J connectivity index is 2.31. The van der Waals surface area contributed by atoms with E-state index in [9.17, 15) is 4.79 Å². The lowest BCUT2D eigenvalue weighted by molar-refractivity contribution is -0.144. The maximum Gasteiger partial charge on any atom is 0.307 e. The van der Waals surface area contributed by atoms with Gasteiger partial charge in [-0.15, -0.1) is 0 Å². The van der Waals surface area contributed by atoms with E-state index < -0.39 is 0 Å². The molecule has 0 aromatic heterocycles. The van der Waals surface area contributed by atoms with Gasteiger partial charge in [0.05, 0.1) is 13.0 Å². The predicted octanol–water partition coefficient (Wildman–Crippen LogP) is 2.06. The second kappa shape index (κ2) is 5.50. The Bertz CT molecular complexity index is 214. The van der Waals surface area contributed by atoms with E-state index in [4.69, 9.17) is 4.74 Å². The number of rotatable bonds is 6.